The molecular weight excluding hydrogens is 240 g/mol. The second-order valence-electron chi connectivity index (χ2n) is 3.30. The number of benzene rings is 1. The fourth-order valence-corrected chi connectivity index (χ4v) is 1.85. The smallest absolute Gasteiger partial charge is 0.313 e. The molecule has 0 atom stereocenters. The maximum absolute atomic E-state index is 10.7. The molecule has 0 radical (unpaired) electrons. The molecular formula is C12H14O4S. The van der Waals surface area contributed by atoms with Crippen LogP contribution >= 0.6 is 11.8 Å². The lowest BCUT2D eigenvalue weighted by Crippen LogP contribution is -2.03. The van der Waals surface area contributed by atoms with Crippen molar-refractivity contribution in [1.82, 2.24) is 0 Å². The van der Waals surface area contributed by atoms with E-state index in [1.165, 1.54) is 11.8 Å². The van der Waals surface area contributed by atoms with Crippen LogP contribution in [0.2, 0.25) is 0 Å². The number of carbonyl (C=O) groups is 2. The van der Waals surface area contributed by atoms with E-state index in [0.29, 0.717) is 17.9 Å². The van der Waals surface area contributed by atoms with Crippen molar-refractivity contribution in [2.45, 2.75) is 6.42 Å². The number of rotatable bonds is 8. The van der Waals surface area contributed by atoms with E-state index in [0.717, 1.165) is 18.5 Å². The number of hydrogen-bond donors (Lipinski definition) is 1. The number of ether oxygens (including phenoxy) is 1. The van der Waals surface area contributed by atoms with Crippen molar-refractivity contribution in [3.05, 3.63) is 29.8 Å². The molecule has 0 amide bonds. The lowest BCUT2D eigenvalue weighted by Gasteiger charge is -2.07. The molecule has 5 heteroatoms. The highest BCUT2D eigenvalue weighted by Gasteiger charge is 2.01. The molecule has 0 fully saturated rings. The third-order valence-electron chi connectivity index (χ3n) is 1.96. The van der Waals surface area contributed by atoms with E-state index in [4.69, 9.17) is 9.84 Å². The number of carboxylic acid groups (broad SMARTS) is 1. The van der Waals surface area contributed by atoms with Gasteiger partial charge in [-0.15, -0.1) is 0 Å². The molecule has 1 aromatic carbocycles. The van der Waals surface area contributed by atoms with Crippen molar-refractivity contribution >= 4 is 24.0 Å². The van der Waals surface area contributed by atoms with E-state index < -0.39 is 5.97 Å². The van der Waals surface area contributed by atoms with Gasteiger partial charge in [0.15, 0.2) is 6.29 Å². The number of aliphatic carboxylic acids is 1. The lowest BCUT2D eigenvalue weighted by atomic mass is 10.2. The van der Waals surface area contributed by atoms with Gasteiger partial charge in [0.2, 0.25) is 0 Å². The molecule has 0 spiro atoms. The van der Waals surface area contributed by atoms with Gasteiger partial charge in [0, 0.05) is 0 Å². The van der Waals surface area contributed by atoms with Crippen molar-refractivity contribution in [2.24, 2.45) is 0 Å². The first kappa shape index (κ1) is 13.6. The maximum Gasteiger partial charge on any atom is 0.313 e. The first-order valence-corrected chi connectivity index (χ1v) is 6.36. The second kappa shape index (κ2) is 7.73. The quantitative estimate of drug-likeness (QED) is 0.568. The van der Waals surface area contributed by atoms with Crippen LogP contribution in [-0.4, -0.2) is 35.5 Å². The summed E-state index contributed by atoms with van der Waals surface area (Å²) in [6, 6.07) is 7.02. The SMILES string of the molecule is O=Cc1ccccc1OCCCSCC(=O)O. The normalized spacial score (nSPS) is 9.88. The average Bonchev–Trinajstić information content (AvgIpc) is 2.33. The number of para-hydroxylation sites is 1. The van der Waals surface area contributed by atoms with Crippen LogP contribution in [0, 0.1) is 0 Å². The second-order valence-corrected chi connectivity index (χ2v) is 4.41. The molecule has 0 aliphatic carbocycles. The summed E-state index contributed by atoms with van der Waals surface area (Å²) in [7, 11) is 0. The van der Waals surface area contributed by atoms with Gasteiger partial charge in [-0.05, 0) is 24.3 Å². The van der Waals surface area contributed by atoms with E-state index in [-0.39, 0.29) is 5.75 Å². The minimum Gasteiger partial charge on any atom is -0.493 e. The van der Waals surface area contributed by atoms with E-state index >= 15 is 0 Å². The Kier molecular flexibility index (Phi) is 6.17. The predicted octanol–water partition coefficient (Wildman–Crippen LogP) is 2.09. The summed E-state index contributed by atoms with van der Waals surface area (Å²) >= 11 is 1.36. The standard InChI is InChI=1S/C12H14O4S/c13-8-10-4-1-2-5-11(10)16-6-3-7-17-9-12(14)15/h1-2,4-5,8H,3,6-7,9H2,(H,14,15). The highest BCUT2D eigenvalue weighted by molar-refractivity contribution is 7.99. The summed E-state index contributed by atoms with van der Waals surface area (Å²) in [6.45, 7) is 0.484. The fraction of sp³-hybridized carbons (Fsp3) is 0.333. The minimum absolute atomic E-state index is 0.116. The molecule has 0 bridgehead atoms. The van der Waals surface area contributed by atoms with E-state index in [1.807, 2.05) is 6.07 Å². The number of hydrogen-bond acceptors (Lipinski definition) is 4. The average molecular weight is 254 g/mol. The van der Waals surface area contributed by atoms with E-state index in [9.17, 15) is 9.59 Å². The Hall–Kier alpha value is -1.49. The molecule has 0 saturated carbocycles. The Morgan fingerprint density at radius 3 is 2.88 bits per heavy atom. The summed E-state index contributed by atoms with van der Waals surface area (Å²) in [5.41, 5.74) is 0.533. The van der Waals surface area contributed by atoms with Crippen LogP contribution in [0.15, 0.2) is 24.3 Å². The minimum atomic E-state index is -0.804. The van der Waals surface area contributed by atoms with Gasteiger partial charge in [-0.3, -0.25) is 9.59 Å². The number of carboxylic acids is 1. The number of aldehydes is 1. The zero-order valence-corrected chi connectivity index (χ0v) is 10.1. The van der Waals surface area contributed by atoms with Crippen LogP contribution in [-0.2, 0) is 4.79 Å². The molecule has 0 heterocycles. The molecule has 0 aromatic heterocycles. The molecule has 17 heavy (non-hydrogen) atoms. The van der Waals surface area contributed by atoms with E-state index in [1.54, 1.807) is 18.2 Å². The van der Waals surface area contributed by atoms with Crippen LogP contribution in [0.25, 0.3) is 0 Å². The molecule has 0 unspecified atom stereocenters. The zero-order valence-electron chi connectivity index (χ0n) is 9.30. The monoisotopic (exact) mass is 254 g/mol. The number of thioether (sulfide) groups is 1. The van der Waals surface area contributed by atoms with Gasteiger partial charge >= 0.3 is 5.97 Å². The summed E-state index contributed by atoms with van der Waals surface area (Å²) in [4.78, 5) is 20.9. The summed E-state index contributed by atoms with van der Waals surface area (Å²) in [5, 5.41) is 8.43. The third-order valence-corrected chi connectivity index (χ3v) is 2.99. The molecule has 1 aromatic rings. The lowest BCUT2D eigenvalue weighted by molar-refractivity contribution is -0.133. The van der Waals surface area contributed by atoms with Gasteiger partial charge in [-0.2, -0.15) is 11.8 Å². The van der Waals surface area contributed by atoms with Gasteiger partial charge in [0.05, 0.1) is 17.9 Å². The molecule has 0 aliphatic rings. The fourth-order valence-electron chi connectivity index (χ4n) is 1.21. The maximum atomic E-state index is 10.7. The highest BCUT2D eigenvalue weighted by atomic mass is 32.2. The molecule has 4 nitrogen and oxygen atoms in total. The van der Waals surface area contributed by atoms with Crippen LogP contribution in [0.5, 0.6) is 5.75 Å². The summed E-state index contributed by atoms with van der Waals surface area (Å²) in [6.07, 6.45) is 1.51. The predicted molar refractivity (Wildman–Crippen MR) is 66.9 cm³/mol. The van der Waals surface area contributed by atoms with Gasteiger partial charge in [0.25, 0.3) is 0 Å². The van der Waals surface area contributed by atoms with Crippen molar-refractivity contribution < 1.29 is 19.4 Å². The molecule has 92 valence electrons. The summed E-state index contributed by atoms with van der Waals surface area (Å²) < 4.78 is 5.44. The van der Waals surface area contributed by atoms with Crippen molar-refractivity contribution in [3.8, 4) is 5.75 Å². The van der Waals surface area contributed by atoms with Gasteiger partial charge < -0.3 is 9.84 Å². The Morgan fingerprint density at radius 2 is 2.18 bits per heavy atom. The van der Waals surface area contributed by atoms with Crippen LogP contribution in [0.3, 0.4) is 0 Å². The Morgan fingerprint density at radius 1 is 1.41 bits per heavy atom. The molecule has 1 rings (SSSR count). The first-order valence-electron chi connectivity index (χ1n) is 5.20. The topological polar surface area (TPSA) is 63.6 Å². The highest BCUT2D eigenvalue weighted by Crippen LogP contribution is 2.16. The molecule has 0 saturated heterocycles. The molecule has 1 N–H and O–H groups in total. The Balaban J connectivity index is 2.22. The molecule has 0 aliphatic heterocycles. The Bertz CT molecular complexity index is 379. The zero-order chi connectivity index (χ0) is 12.5. The third kappa shape index (κ3) is 5.40. The van der Waals surface area contributed by atoms with Crippen molar-refractivity contribution in [1.29, 1.82) is 0 Å². The Labute approximate surface area is 104 Å². The van der Waals surface area contributed by atoms with Crippen LogP contribution < -0.4 is 4.74 Å². The van der Waals surface area contributed by atoms with Gasteiger partial charge in [-0.25, -0.2) is 0 Å². The van der Waals surface area contributed by atoms with Crippen LogP contribution in [0.1, 0.15) is 16.8 Å². The van der Waals surface area contributed by atoms with Gasteiger partial charge in [-0.1, -0.05) is 12.1 Å². The summed E-state index contributed by atoms with van der Waals surface area (Å²) in [5.74, 6) is 0.619. The van der Waals surface area contributed by atoms with Gasteiger partial charge in [0.1, 0.15) is 5.75 Å². The van der Waals surface area contributed by atoms with Crippen LogP contribution in [0.4, 0.5) is 0 Å². The van der Waals surface area contributed by atoms with E-state index in [2.05, 4.69) is 0 Å². The van der Waals surface area contributed by atoms with Crippen molar-refractivity contribution in [2.75, 3.05) is 18.1 Å². The number of carbonyl (C=O) groups excluding carboxylic acids is 1. The van der Waals surface area contributed by atoms with Crippen molar-refractivity contribution in [3.63, 3.8) is 0 Å². The first-order chi connectivity index (χ1) is 8.24. The largest absolute Gasteiger partial charge is 0.493 e.